The van der Waals surface area contributed by atoms with Crippen LogP contribution in [0.3, 0.4) is 0 Å². The Morgan fingerprint density at radius 2 is 1.70 bits per heavy atom. The summed E-state index contributed by atoms with van der Waals surface area (Å²) in [5, 5.41) is 10.3. The number of aliphatic carboxylic acids is 1. The zero-order chi connectivity index (χ0) is 32.3. The van der Waals surface area contributed by atoms with Gasteiger partial charge in [0.2, 0.25) is 0 Å². The summed E-state index contributed by atoms with van der Waals surface area (Å²) in [4.78, 5) is 27.5. The SMILES string of the molecule is Cc1cc2c(c(-c3cc(F)c4c(c3C)CCCO4)c1C(OC(C)(C)C)C(=O)O)CCN2C(=O)c1ccc(C(F)(F)F)cc1F. The van der Waals surface area contributed by atoms with Gasteiger partial charge in [0.1, 0.15) is 5.82 Å². The fraction of sp³-hybridized carbons (Fsp3) is 0.394. The lowest BCUT2D eigenvalue weighted by Crippen LogP contribution is -2.30. The van der Waals surface area contributed by atoms with E-state index in [1.807, 2.05) is 0 Å². The first-order chi connectivity index (χ1) is 20.5. The maximum atomic E-state index is 15.5. The fourth-order valence-corrected chi connectivity index (χ4v) is 6.07. The van der Waals surface area contributed by atoms with Crippen LogP contribution in [0.1, 0.15) is 77.0 Å². The molecule has 1 unspecified atom stereocenters. The maximum Gasteiger partial charge on any atom is 0.416 e. The van der Waals surface area contributed by atoms with Gasteiger partial charge in [0, 0.05) is 23.4 Å². The Hall–Kier alpha value is -3.99. The highest BCUT2D eigenvalue weighted by molar-refractivity contribution is 6.08. The number of carboxylic acid groups (broad SMARTS) is 1. The smallest absolute Gasteiger partial charge is 0.416 e. The molecular formula is C33H32F5NO5. The van der Waals surface area contributed by atoms with E-state index in [1.165, 1.54) is 11.0 Å². The van der Waals surface area contributed by atoms with Crippen LogP contribution in [-0.2, 0) is 28.5 Å². The number of hydrogen-bond donors (Lipinski definition) is 1. The van der Waals surface area contributed by atoms with Crippen molar-refractivity contribution >= 4 is 17.6 Å². The zero-order valence-corrected chi connectivity index (χ0v) is 24.9. The second kappa shape index (κ2) is 11.2. The van der Waals surface area contributed by atoms with Crippen LogP contribution in [0.25, 0.3) is 11.1 Å². The highest BCUT2D eigenvalue weighted by atomic mass is 19.4. The number of carboxylic acids is 1. The second-order valence-corrected chi connectivity index (χ2v) is 12.1. The highest BCUT2D eigenvalue weighted by Gasteiger charge is 2.38. The number of rotatable bonds is 5. The van der Waals surface area contributed by atoms with E-state index in [4.69, 9.17) is 9.47 Å². The lowest BCUT2D eigenvalue weighted by Gasteiger charge is -2.30. The van der Waals surface area contributed by atoms with Crippen molar-refractivity contribution < 1.29 is 46.1 Å². The molecule has 1 atom stereocenters. The Morgan fingerprint density at radius 1 is 1.00 bits per heavy atom. The highest BCUT2D eigenvalue weighted by Crippen LogP contribution is 2.48. The third-order valence-electron chi connectivity index (χ3n) is 7.97. The van der Waals surface area contributed by atoms with Crippen molar-refractivity contribution in [2.45, 2.75) is 71.8 Å². The molecule has 6 nitrogen and oxygen atoms in total. The number of carbonyl (C=O) groups is 2. The van der Waals surface area contributed by atoms with Crippen molar-refractivity contribution in [3.63, 3.8) is 0 Å². The molecule has 0 spiro atoms. The first-order valence-electron chi connectivity index (χ1n) is 14.2. The molecule has 0 saturated heterocycles. The van der Waals surface area contributed by atoms with Gasteiger partial charge in [-0.2, -0.15) is 13.2 Å². The summed E-state index contributed by atoms with van der Waals surface area (Å²) < 4.78 is 81.4. The molecule has 0 radical (unpaired) electrons. The van der Waals surface area contributed by atoms with Crippen molar-refractivity contribution in [3.05, 3.63) is 80.9 Å². The molecule has 234 valence electrons. The molecule has 0 aliphatic carbocycles. The first kappa shape index (κ1) is 31.4. The van der Waals surface area contributed by atoms with Crippen molar-refractivity contribution in [2.24, 2.45) is 0 Å². The molecule has 3 aromatic rings. The number of ether oxygens (including phenoxy) is 2. The Labute approximate surface area is 251 Å². The Balaban J connectivity index is 1.74. The van der Waals surface area contributed by atoms with Gasteiger partial charge in [-0.05, 0) is 112 Å². The van der Waals surface area contributed by atoms with E-state index in [1.54, 1.807) is 40.7 Å². The first-order valence-corrected chi connectivity index (χ1v) is 14.2. The molecule has 2 aliphatic heterocycles. The van der Waals surface area contributed by atoms with E-state index in [0.29, 0.717) is 70.1 Å². The maximum absolute atomic E-state index is 15.5. The van der Waals surface area contributed by atoms with Gasteiger partial charge < -0.3 is 19.5 Å². The predicted octanol–water partition coefficient (Wildman–Crippen LogP) is 7.74. The molecule has 1 N–H and O–H groups in total. The summed E-state index contributed by atoms with van der Waals surface area (Å²) in [5.41, 5.74) is 1.10. The topological polar surface area (TPSA) is 76.1 Å². The Kier molecular flexibility index (Phi) is 7.99. The van der Waals surface area contributed by atoms with Crippen molar-refractivity contribution in [2.75, 3.05) is 18.1 Å². The van der Waals surface area contributed by atoms with E-state index in [-0.39, 0.29) is 24.8 Å². The van der Waals surface area contributed by atoms with E-state index in [2.05, 4.69) is 0 Å². The zero-order valence-electron chi connectivity index (χ0n) is 24.9. The van der Waals surface area contributed by atoms with Crippen LogP contribution in [0.15, 0.2) is 30.3 Å². The molecule has 2 aliphatic rings. The fourth-order valence-electron chi connectivity index (χ4n) is 6.07. The predicted molar refractivity (Wildman–Crippen MR) is 153 cm³/mol. The van der Waals surface area contributed by atoms with E-state index < -0.39 is 52.5 Å². The number of amides is 1. The number of anilines is 1. The van der Waals surface area contributed by atoms with Gasteiger partial charge in [0.15, 0.2) is 17.7 Å². The largest absolute Gasteiger partial charge is 0.490 e. The van der Waals surface area contributed by atoms with Crippen molar-refractivity contribution in [1.82, 2.24) is 0 Å². The minimum atomic E-state index is -4.78. The second-order valence-electron chi connectivity index (χ2n) is 12.1. The van der Waals surface area contributed by atoms with Crippen LogP contribution >= 0.6 is 0 Å². The van der Waals surface area contributed by atoms with Crippen LogP contribution in [0.5, 0.6) is 5.75 Å². The lowest BCUT2D eigenvalue weighted by molar-refractivity contribution is -0.160. The van der Waals surface area contributed by atoms with Crippen LogP contribution in [0.2, 0.25) is 0 Å². The number of alkyl halides is 3. The third-order valence-corrected chi connectivity index (χ3v) is 7.97. The van der Waals surface area contributed by atoms with Gasteiger partial charge in [-0.1, -0.05) is 0 Å². The lowest BCUT2D eigenvalue weighted by atomic mass is 9.83. The van der Waals surface area contributed by atoms with Gasteiger partial charge in [-0.15, -0.1) is 0 Å². The molecule has 3 aromatic carbocycles. The normalized spacial score (nSPS) is 15.5. The molecule has 11 heteroatoms. The molecule has 44 heavy (non-hydrogen) atoms. The minimum absolute atomic E-state index is 0.0397. The van der Waals surface area contributed by atoms with Crippen LogP contribution in [0.4, 0.5) is 27.6 Å². The standard InChI is InChI=1S/C33H32F5NO5/c1-16-13-25-21(10-11-39(25)30(40)20-9-8-18(14-23(20)34)33(36,37)38)27(26(16)29(31(41)42)44-32(3,4)5)22-15-24(35)28-19(17(22)2)7-6-12-43-28/h8-9,13-15,29H,6-7,10-12H2,1-5H3,(H,41,42). The molecule has 5 rings (SSSR count). The molecule has 0 fully saturated rings. The summed E-state index contributed by atoms with van der Waals surface area (Å²) in [5.74, 6) is -3.89. The summed E-state index contributed by atoms with van der Waals surface area (Å²) in [6, 6.07) is 4.63. The number of benzene rings is 3. The minimum Gasteiger partial charge on any atom is -0.490 e. The van der Waals surface area contributed by atoms with Crippen LogP contribution in [-0.4, -0.2) is 35.7 Å². The summed E-state index contributed by atoms with van der Waals surface area (Å²) in [7, 11) is 0. The van der Waals surface area contributed by atoms with E-state index in [0.717, 1.165) is 6.07 Å². The monoisotopic (exact) mass is 617 g/mol. The van der Waals surface area contributed by atoms with Crippen molar-refractivity contribution in [3.8, 4) is 16.9 Å². The molecule has 1 amide bonds. The quantitative estimate of drug-likeness (QED) is 0.297. The number of nitrogens with zero attached hydrogens (tertiary/aromatic N) is 1. The van der Waals surface area contributed by atoms with E-state index >= 15 is 4.39 Å². The number of fused-ring (bicyclic) bond motifs is 2. The van der Waals surface area contributed by atoms with Gasteiger partial charge in [0.05, 0.1) is 23.3 Å². The Morgan fingerprint density at radius 3 is 2.32 bits per heavy atom. The number of halogens is 5. The number of aryl methyl sites for hydroxylation is 1. The number of carbonyl (C=O) groups excluding carboxylic acids is 1. The Bertz CT molecular complexity index is 1670. The summed E-state index contributed by atoms with van der Waals surface area (Å²) >= 11 is 0. The average Bonchev–Trinajstić information content (AvgIpc) is 3.35. The molecule has 2 heterocycles. The number of hydrogen-bond acceptors (Lipinski definition) is 4. The third kappa shape index (κ3) is 5.65. The molecule has 0 aromatic heterocycles. The molecule has 0 saturated carbocycles. The average molecular weight is 618 g/mol. The summed E-state index contributed by atoms with van der Waals surface area (Å²) in [6.45, 7) is 9.00. The van der Waals surface area contributed by atoms with E-state index in [9.17, 15) is 32.3 Å². The summed E-state index contributed by atoms with van der Waals surface area (Å²) in [6.07, 6.45) is -4.83. The van der Waals surface area contributed by atoms with Gasteiger partial charge in [0.25, 0.3) is 5.91 Å². The van der Waals surface area contributed by atoms with Crippen LogP contribution < -0.4 is 9.64 Å². The molecule has 0 bridgehead atoms. The molecular weight excluding hydrogens is 585 g/mol. The van der Waals surface area contributed by atoms with Gasteiger partial charge >= 0.3 is 12.1 Å². The van der Waals surface area contributed by atoms with Gasteiger partial charge in [-0.25, -0.2) is 13.6 Å². The van der Waals surface area contributed by atoms with Gasteiger partial charge in [-0.3, -0.25) is 4.79 Å². The van der Waals surface area contributed by atoms with Crippen LogP contribution in [0, 0.1) is 25.5 Å². The van der Waals surface area contributed by atoms with Crippen molar-refractivity contribution in [1.29, 1.82) is 0 Å².